The van der Waals surface area contributed by atoms with Gasteiger partial charge in [0.15, 0.2) is 4.77 Å². The maximum absolute atomic E-state index is 13.2. The van der Waals surface area contributed by atoms with E-state index >= 15 is 0 Å². The van der Waals surface area contributed by atoms with Crippen LogP contribution in [0.1, 0.15) is 20.8 Å². The number of benzene rings is 2. The van der Waals surface area contributed by atoms with E-state index in [0.29, 0.717) is 36.6 Å². The summed E-state index contributed by atoms with van der Waals surface area (Å²) in [6.07, 6.45) is 1.60. The van der Waals surface area contributed by atoms with E-state index in [1.807, 2.05) is 30.3 Å². The molecule has 1 aromatic heterocycles. The first-order valence-corrected chi connectivity index (χ1v) is 10.1. The largest absolute Gasteiger partial charge is 0.336 e. The fraction of sp³-hybridized carbons (Fsp3) is 0.190. The van der Waals surface area contributed by atoms with Crippen LogP contribution < -0.4 is 0 Å². The van der Waals surface area contributed by atoms with E-state index in [9.17, 15) is 14.0 Å². The van der Waals surface area contributed by atoms with Crippen LogP contribution in [0.2, 0.25) is 5.02 Å². The minimum absolute atomic E-state index is 0.0766. The van der Waals surface area contributed by atoms with Crippen LogP contribution in [0.3, 0.4) is 0 Å². The van der Waals surface area contributed by atoms with Crippen LogP contribution in [0.5, 0.6) is 0 Å². The molecule has 0 spiro atoms. The number of nitrogens with one attached hydrogen (secondary N) is 1. The number of amides is 2. The summed E-state index contributed by atoms with van der Waals surface area (Å²) in [5, 5.41) is 0.0766. The second-order valence-electron chi connectivity index (χ2n) is 6.86. The van der Waals surface area contributed by atoms with E-state index < -0.39 is 5.82 Å². The molecule has 0 atom stereocenters. The van der Waals surface area contributed by atoms with Crippen molar-refractivity contribution in [1.82, 2.24) is 19.4 Å². The first kappa shape index (κ1) is 20.3. The summed E-state index contributed by atoms with van der Waals surface area (Å²) < 4.78 is 15.4. The van der Waals surface area contributed by atoms with Gasteiger partial charge in [-0.25, -0.2) is 4.39 Å². The van der Waals surface area contributed by atoms with Gasteiger partial charge in [0, 0.05) is 38.1 Å². The number of imidazole rings is 1. The molecule has 2 aromatic carbocycles. The lowest BCUT2D eigenvalue weighted by molar-refractivity contribution is 0.0531. The second-order valence-corrected chi connectivity index (χ2v) is 7.65. The Balaban J connectivity index is 1.48. The van der Waals surface area contributed by atoms with Crippen molar-refractivity contribution >= 4 is 35.6 Å². The minimum Gasteiger partial charge on any atom is -0.336 e. The van der Waals surface area contributed by atoms with Gasteiger partial charge in [0.25, 0.3) is 11.8 Å². The van der Waals surface area contributed by atoms with Crippen LogP contribution in [0.25, 0.3) is 5.69 Å². The summed E-state index contributed by atoms with van der Waals surface area (Å²) in [5.74, 6) is -0.939. The van der Waals surface area contributed by atoms with Gasteiger partial charge >= 0.3 is 0 Å². The Bertz CT molecular complexity index is 1150. The molecule has 0 bridgehead atoms. The molecule has 30 heavy (non-hydrogen) atoms. The molecule has 2 amide bonds. The second kappa shape index (κ2) is 8.41. The number of carbonyl (C=O) groups excluding carboxylic acids is 2. The number of hydrogen-bond acceptors (Lipinski definition) is 3. The molecule has 0 aliphatic carbocycles. The summed E-state index contributed by atoms with van der Waals surface area (Å²) >= 11 is 11.4. The Labute approximate surface area is 182 Å². The lowest BCUT2D eigenvalue weighted by atomic mass is 10.1. The van der Waals surface area contributed by atoms with Crippen LogP contribution in [0.15, 0.2) is 54.7 Å². The number of H-pyrrole nitrogens is 1. The van der Waals surface area contributed by atoms with Crippen LogP contribution in [-0.4, -0.2) is 57.3 Å². The van der Waals surface area contributed by atoms with Crippen molar-refractivity contribution in [3.05, 3.63) is 81.6 Å². The molecule has 1 saturated heterocycles. The van der Waals surface area contributed by atoms with Gasteiger partial charge in [-0.2, -0.15) is 0 Å². The number of hydrogen-bond donors (Lipinski definition) is 1. The molecular formula is C21H18ClFN4O2S. The van der Waals surface area contributed by atoms with Gasteiger partial charge in [0.05, 0.1) is 10.6 Å². The molecule has 9 heteroatoms. The van der Waals surface area contributed by atoms with Crippen LogP contribution >= 0.6 is 23.8 Å². The summed E-state index contributed by atoms with van der Waals surface area (Å²) in [6, 6.07) is 13.1. The van der Waals surface area contributed by atoms with Gasteiger partial charge in [-0.1, -0.05) is 29.8 Å². The molecule has 3 aromatic rings. The van der Waals surface area contributed by atoms with Crippen molar-refractivity contribution in [2.45, 2.75) is 0 Å². The van der Waals surface area contributed by atoms with E-state index in [1.165, 1.54) is 12.1 Å². The zero-order chi connectivity index (χ0) is 21.3. The fourth-order valence-corrected chi connectivity index (χ4v) is 3.98. The van der Waals surface area contributed by atoms with Crippen LogP contribution in [-0.2, 0) is 0 Å². The van der Waals surface area contributed by atoms with Gasteiger partial charge in [-0.05, 0) is 42.5 Å². The summed E-state index contributed by atoms with van der Waals surface area (Å²) in [5.41, 5.74) is 1.49. The highest BCUT2D eigenvalue weighted by atomic mass is 35.5. The maximum atomic E-state index is 13.2. The number of rotatable bonds is 3. The van der Waals surface area contributed by atoms with E-state index in [1.54, 1.807) is 20.6 Å². The molecule has 0 radical (unpaired) electrons. The Hall–Kier alpha value is -2.97. The topological polar surface area (TPSA) is 61.3 Å². The van der Waals surface area contributed by atoms with Crippen molar-refractivity contribution in [2.75, 3.05) is 26.2 Å². The standard InChI is InChI=1S/C21H18ClFN4O2S/c22-17-12-14(23)6-7-16(17)19(28)25-8-10-26(11-9-25)20(29)18-13-24-21(30)27(18)15-4-2-1-3-5-15/h1-7,12-13H,8-11H2,(H,24,30). The molecule has 1 aliphatic rings. The average molecular weight is 445 g/mol. The third kappa shape index (κ3) is 3.88. The number of aromatic amines is 1. The third-order valence-corrected chi connectivity index (χ3v) is 5.64. The number of piperazine rings is 1. The third-order valence-electron chi connectivity index (χ3n) is 5.03. The Morgan fingerprint density at radius 2 is 1.60 bits per heavy atom. The summed E-state index contributed by atoms with van der Waals surface area (Å²) in [4.78, 5) is 32.1. The SMILES string of the molecule is O=C(c1ccc(F)cc1Cl)N1CCN(C(=O)c2c[nH]c(=S)n2-c2ccccc2)CC1. The summed E-state index contributed by atoms with van der Waals surface area (Å²) in [6.45, 7) is 1.45. The maximum Gasteiger partial charge on any atom is 0.272 e. The van der Waals surface area contributed by atoms with E-state index in [4.69, 9.17) is 23.8 Å². The smallest absolute Gasteiger partial charge is 0.272 e. The highest BCUT2D eigenvalue weighted by molar-refractivity contribution is 7.71. The van der Waals surface area contributed by atoms with Gasteiger partial charge < -0.3 is 14.8 Å². The molecule has 1 N–H and O–H groups in total. The number of aromatic nitrogens is 2. The first-order valence-electron chi connectivity index (χ1n) is 9.35. The lowest BCUT2D eigenvalue weighted by Crippen LogP contribution is -2.50. The fourth-order valence-electron chi connectivity index (χ4n) is 3.47. The van der Waals surface area contributed by atoms with Crippen LogP contribution in [0.4, 0.5) is 4.39 Å². The highest BCUT2D eigenvalue weighted by Gasteiger charge is 2.28. The molecule has 154 valence electrons. The Morgan fingerprint density at radius 1 is 0.967 bits per heavy atom. The Kier molecular flexibility index (Phi) is 5.69. The molecule has 6 nitrogen and oxygen atoms in total. The predicted octanol–water partition coefficient (Wildman–Crippen LogP) is 3.93. The minimum atomic E-state index is -0.494. The number of nitrogens with zero attached hydrogens (tertiary/aromatic N) is 3. The number of carbonyl (C=O) groups is 2. The number of halogens is 2. The van der Waals surface area contributed by atoms with E-state index in [2.05, 4.69) is 4.98 Å². The number of para-hydroxylation sites is 1. The van der Waals surface area contributed by atoms with Gasteiger partial charge in [-0.15, -0.1) is 0 Å². The van der Waals surface area contributed by atoms with Crippen molar-refractivity contribution in [1.29, 1.82) is 0 Å². The molecule has 0 unspecified atom stereocenters. The quantitative estimate of drug-likeness (QED) is 0.623. The molecule has 4 rings (SSSR count). The zero-order valence-electron chi connectivity index (χ0n) is 15.8. The van der Waals surface area contributed by atoms with Crippen molar-refractivity contribution < 1.29 is 14.0 Å². The van der Waals surface area contributed by atoms with Crippen molar-refractivity contribution in [2.24, 2.45) is 0 Å². The first-order chi connectivity index (χ1) is 14.5. The zero-order valence-corrected chi connectivity index (χ0v) is 17.4. The summed E-state index contributed by atoms with van der Waals surface area (Å²) in [7, 11) is 0. The average Bonchev–Trinajstić information content (AvgIpc) is 3.15. The van der Waals surface area contributed by atoms with Gasteiger partial charge in [-0.3, -0.25) is 14.2 Å². The molecule has 1 aliphatic heterocycles. The van der Waals surface area contributed by atoms with Gasteiger partial charge in [0.2, 0.25) is 0 Å². The van der Waals surface area contributed by atoms with Crippen molar-refractivity contribution in [3.8, 4) is 5.69 Å². The molecule has 0 saturated carbocycles. The predicted molar refractivity (Wildman–Crippen MR) is 114 cm³/mol. The van der Waals surface area contributed by atoms with E-state index in [-0.39, 0.29) is 22.4 Å². The van der Waals surface area contributed by atoms with Gasteiger partial charge in [0.1, 0.15) is 11.5 Å². The van der Waals surface area contributed by atoms with E-state index in [0.717, 1.165) is 11.8 Å². The molecular weight excluding hydrogens is 427 g/mol. The molecule has 2 heterocycles. The molecule has 1 fully saturated rings. The highest BCUT2D eigenvalue weighted by Crippen LogP contribution is 2.21. The van der Waals surface area contributed by atoms with Crippen molar-refractivity contribution in [3.63, 3.8) is 0 Å². The normalized spacial score (nSPS) is 14.1. The van der Waals surface area contributed by atoms with Crippen LogP contribution in [0, 0.1) is 10.6 Å². The lowest BCUT2D eigenvalue weighted by Gasteiger charge is -2.35. The monoisotopic (exact) mass is 444 g/mol. The Morgan fingerprint density at radius 3 is 2.23 bits per heavy atom.